The summed E-state index contributed by atoms with van der Waals surface area (Å²) in [6, 6.07) is 9.72. The smallest absolute Gasteiger partial charge is 0.407 e. The maximum absolute atomic E-state index is 11.3. The van der Waals surface area contributed by atoms with Gasteiger partial charge in [-0.25, -0.2) is 4.79 Å². The van der Waals surface area contributed by atoms with Crippen LogP contribution in [0.15, 0.2) is 41.4 Å². The van der Waals surface area contributed by atoms with Crippen molar-refractivity contribution in [2.45, 2.75) is 13.0 Å². The summed E-state index contributed by atoms with van der Waals surface area (Å²) in [7, 11) is 1.36. The summed E-state index contributed by atoms with van der Waals surface area (Å²) >= 11 is 3.25. The monoisotopic (exact) mass is 297 g/mol. The first kappa shape index (κ1) is 13.8. The Kier molecular flexibility index (Phi) is 5.77. The summed E-state index contributed by atoms with van der Waals surface area (Å²) < 4.78 is 4.64. The lowest BCUT2D eigenvalue weighted by Gasteiger charge is -2.22. The molecule has 1 aromatic carbocycles. The Morgan fingerprint density at radius 2 is 2.06 bits per heavy atom. The molecule has 1 aromatic rings. The lowest BCUT2D eigenvalue weighted by molar-refractivity contribution is 0.164. The van der Waals surface area contributed by atoms with Gasteiger partial charge in [-0.05, 0) is 16.5 Å². The van der Waals surface area contributed by atoms with Crippen molar-refractivity contribution in [1.29, 1.82) is 0 Å². The zero-order valence-corrected chi connectivity index (χ0v) is 11.5. The molecule has 2 atom stereocenters. The number of nitrogens with one attached hydrogen (secondary N) is 1. The molecule has 4 heteroatoms. The Morgan fingerprint density at radius 1 is 1.41 bits per heavy atom. The number of carbonyl (C=O) groups excluding carboxylic acids is 1. The molecule has 0 aliphatic heterocycles. The van der Waals surface area contributed by atoms with Gasteiger partial charge in [0.1, 0.15) is 0 Å². The van der Waals surface area contributed by atoms with Gasteiger partial charge in [0.25, 0.3) is 0 Å². The third-order valence-corrected chi connectivity index (χ3v) is 2.82. The van der Waals surface area contributed by atoms with Crippen molar-refractivity contribution in [3.8, 4) is 0 Å². The van der Waals surface area contributed by atoms with Crippen LogP contribution in [0.1, 0.15) is 18.5 Å². The molecule has 0 heterocycles. The number of amides is 1. The molecule has 17 heavy (non-hydrogen) atoms. The van der Waals surface area contributed by atoms with Gasteiger partial charge in [-0.1, -0.05) is 59.3 Å². The molecule has 3 nitrogen and oxygen atoms in total. The van der Waals surface area contributed by atoms with Gasteiger partial charge in [0, 0.05) is 0 Å². The fraction of sp³-hybridized carbons (Fsp3) is 0.308. The van der Waals surface area contributed by atoms with E-state index in [9.17, 15) is 4.79 Å². The van der Waals surface area contributed by atoms with E-state index in [0.717, 1.165) is 5.56 Å². The first-order valence-corrected chi connectivity index (χ1v) is 6.27. The maximum atomic E-state index is 11.3. The Bertz CT molecular complexity index is 378. The van der Waals surface area contributed by atoms with Crippen molar-refractivity contribution >= 4 is 22.0 Å². The second kappa shape index (κ2) is 7.12. The highest BCUT2D eigenvalue weighted by atomic mass is 79.9. The largest absolute Gasteiger partial charge is 0.453 e. The van der Waals surface area contributed by atoms with Crippen LogP contribution in [0.4, 0.5) is 4.79 Å². The molecular weight excluding hydrogens is 282 g/mol. The van der Waals surface area contributed by atoms with Gasteiger partial charge in [-0.15, -0.1) is 0 Å². The number of methoxy groups -OCH3 is 1. The van der Waals surface area contributed by atoms with E-state index in [1.54, 1.807) is 4.99 Å². The molecule has 0 spiro atoms. The van der Waals surface area contributed by atoms with E-state index in [1.807, 2.05) is 43.3 Å². The summed E-state index contributed by atoms with van der Waals surface area (Å²) in [6.07, 6.45) is 1.56. The molecule has 1 amide bonds. The van der Waals surface area contributed by atoms with Crippen LogP contribution in [0.3, 0.4) is 0 Å². The van der Waals surface area contributed by atoms with E-state index in [0.29, 0.717) is 0 Å². The molecular formula is C13H16BrNO2. The average molecular weight is 298 g/mol. The highest BCUT2D eigenvalue weighted by Gasteiger charge is 2.19. The van der Waals surface area contributed by atoms with Crippen molar-refractivity contribution in [3.05, 3.63) is 47.0 Å². The van der Waals surface area contributed by atoms with Gasteiger partial charge in [0.15, 0.2) is 0 Å². The number of ether oxygens (including phenoxy) is 1. The zero-order chi connectivity index (χ0) is 12.7. The Labute approximate surface area is 110 Å². The zero-order valence-electron chi connectivity index (χ0n) is 9.89. The number of carbonyl (C=O) groups is 1. The van der Waals surface area contributed by atoms with Crippen molar-refractivity contribution in [2.24, 2.45) is 5.92 Å². The first-order chi connectivity index (χ1) is 8.19. The summed E-state index contributed by atoms with van der Waals surface area (Å²) in [6.45, 7) is 2.03. The molecule has 0 radical (unpaired) electrons. The topological polar surface area (TPSA) is 38.3 Å². The standard InChI is InChI=1S/C13H16BrNO2/c1-10(8-9-14)12(15-13(16)17-2)11-6-4-3-5-7-11/h3-10,12H,1-2H3,(H,15,16)/b9-8-/t10-,12+/m0/s1. The number of rotatable bonds is 4. The van der Waals surface area contributed by atoms with Crippen molar-refractivity contribution in [2.75, 3.05) is 7.11 Å². The van der Waals surface area contributed by atoms with Crippen LogP contribution >= 0.6 is 15.9 Å². The molecule has 0 aromatic heterocycles. The van der Waals surface area contributed by atoms with Gasteiger partial charge in [0.05, 0.1) is 13.2 Å². The quantitative estimate of drug-likeness (QED) is 0.922. The van der Waals surface area contributed by atoms with E-state index in [2.05, 4.69) is 26.0 Å². The normalized spacial score (nSPS) is 14.3. The number of benzene rings is 1. The van der Waals surface area contributed by atoms with Crippen LogP contribution in [-0.4, -0.2) is 13.2 Å². The molecule has 0 saturated heterocycles. The molecule has 0 bridgehead atoms. The van der Waals surface area contributed by atoms with E-state index in [1.165, 1.54) is 7.11 Å². The number of halogens is 1. The number of hydrogen-bond donors (Lipinski definition) is 1. The SMILES string of the molecule is COC(=O)N[C@@H](c1ccccc1)[C@@H](C)/C=C\Br. The highest BCUT2D eigenvalue weighted by Crippen LogP contribution is 2.23. The van der Waals surface area contributed by atoms with Crippen LogP contribution in [-0.2, 0) is 4.74 Å². The van der Waals surface area contributed by atoms with E-state index in [-0.39, 0.29) is 12.0 Å². The molecule has 1 rings (SSSR count). The summed E-state index contributed by atoms with van der Waals surface area (Å²) in [4.78, 5) is 13.1. The third kappa shape index (κ3) is 4.23. The lowest BCUT2D eigenvalue weighted by atomic mass is 9.95. The Balaban J connectivity index is 2.90. The predicted molar refractivity (Wildman–Crippen MR) is 72.0 cm³/mol. The van der Waals surface area contributed by atoms with Gasteiger partial charge in [0.2, 0.25) is 0 Å². The van der Waals surface area contributed by atoms with Gasteiger partial charge < -0.3 is 10.1 Å². The Morgan fingerprint density at radius 3 is 2.59 bits per heavy atom. The fourth-order valence-electron chi connectivity index (χ4n) is 1.59. The molecule has 1 N–H and O–H groups in total. The van der Waals surface area contributed by atoms with E-state index in [4.69, 9.17) is 0 Å². The van der Waals surface area contributed by atoms with E-state index < -0.39 is 6.09 Å². The predicted octanol–water partition coefficient (Wildman–Crippen LogP) is 3.63. The van der Waals surface area contributed by atoms with Gasteiger partial charge in [-0.3, -0.25) is 0 Å². The van der Waals surface area contributed by atoms with E-state index >= 15 is 0 Å². The summed E-state index contributed by atoms with van der Waals surface area (Å²) in [5.74, 6) is 0.163. The van der Waals surface area contributed by atoms with Crippen molar-refractivity contribution < 1.29 is 9.53 Å². The lowest BCUT2D eigenvalue weighted by Crippen LogP contribution is -2.31. The molecule has 0 aliphatic rings. The van der Waals surface area contributed by atoms with Crippen LogP contribution in [0.5, 0.6) is 0 Å². The molecule has 0 fully saturated rings. The summed E-state index contributed by atoms with van der Waals surface area (Å²) in [5, 5.41) is 2.83. The van der Waals surface area contributed by atoms with Crippen molar-refractivity contribution in [1.82, 2.24) is 5.32 Å². The molecule has 0 saturated carbocycles. The summed E-state index contributed by atoms with van der Waals surface area (Å²) in [5.41, 5.74) is 1.05. The molecule has 92 valence electrons. The maximum Gasteiger partial charge on any atom is 0.407 e. The first-order valence-electron chi connectivity index (χ1n) is 5.35. The van der Waals surface area contributed by atoms with Crippen molar-refractivity contribution in [3.63, 3.8) is 0 Å². The van der Waals surface area contributed by atoms with Crippen LogP contribution in [0.25, 0.3) is 0 Å². The average Bonchev–Trinajstić information content (AvgIpc) is 2.36. The minimum atomic E-state index is -0.423. The number of hydrogen-bond acceptors (Lipinski definition) is 2. The van der Waals surface area contributed by atoms with Crippen LogP contribution in [0, 0.1) is 5.92 Å². The second-order valence-corrected chi connectivity index (χ2v) is 4.23. The third-order valence-electron chi connectivity index (χ3n) is 2.52. The highest BCUT2D eigenvalue weighted by molar-refractivity contribution is 9.11. The minimum Gasteiger partial charge on any atom is -0.453 e. The van der Waals surface area contributed by atoms with Gasteiger partial charge in [-0.2, -0.15) is 0 Å². The fourth-order valence-corrected chi connectivity index (χ4v) is 2.07. The minimum absolute atomic E-state index is 0.0996. The molecule has 0 unspecified atom stereocenters. The number of alkyl carbamates (subject to hydrolysis) is 1. The Hall–Kier alpha value is -1.29. The van der Waals surface area contributed by atoms with Gasteiger partial charge >= 0.3 is 6.09 Å². The second-order valence-electron chi connectivity index (χ2n) is 3.70. The van der Waals surface area contributed by atoms with Crippen LogP contribution < -0.4 is 5.32 Å². The van der Waals surface area contributed by atoms with Crippen LogP contribution in [0.2, 0.25) is 0 Å². The molecule has 0 aliphatic carbocycles.